The molecule has 0 saturated carbocycles. The molecule has 3 rings (SSSR count). The van der Waals surface area contributed by atoms with Gasteiger partial charge in [0, 0.05) is 31.4 Å². The van der Waals surface area contributed by atoms with E-state index in [1.165, 1.54) is 4.31 Å². The zero-order valence-corrected chi connectivity index (χ0v) is 14.7. The number of anilines is 1. The fourth-order valence-electron chi connectivity index (χ4n) is 2.62. The van der Waals surface area contributed by atoms with Gasteiger partial charge in [-0.15, -0.1) is 0 Å². The molecule has 0 aromatic heterocycles. The lowest BCUT2D eigenvalue weighted by molar-refractivity contribution is 0.00167. The van der Waals surface area contributed by atoms with Crippen LogP contribution in [0.1, 0.15) is 0 Å². The Kier molecular flexibility index (Phi) is 5.30. The lowest BCUT2D eigenvalue weighted by Gasteiger charge is -2.31. The Morgan fingerprint density at radius 1 is 1.24 bits per heavy atom. The van der Waals surface area contributed by atoms with Gasteiger partial charge in [-0.1, -0.05) is 0 Å². The van der Waals surface area contributed by atoms with E-state index in [9.17, 15) is 13.2 Å². The summed E-state index contributed by atoms with van der Waals surface area (Å²) in [7, 11) is -3.26. The molecule has 1 unspecified atom stereocenters. The van der Waals surface area contributed by atoms with Crippen LogP contribution in [0, 0.1) is 0 Å². The zero-order valence-electron chi connectivity index (χ0n) is 13.9. The van der Waals surface area contributed by atoms with Crippen LogP contribution in [-0.4, -0.2) is 70.6 Å². The van der Waals surface area contributed by atoms with Crippen LogP contribution >= 0.6 is 0 Å². The average molecular weight is 371 g/mol. The summed E-state index contributed by atoms with van der Waals surface area (Å²) >= 11 is 0. The van der Waals surface area contributed by atoms with Crippen LogP contribution < -0.4 is 20.1 Å². The number of morpholine rings is 1. The Bertz CT molecular complexity index is 739. The molecule has 138 valence electrons. The first kappa shape index (κ1) is 17.8. The Morgan fingerprint density at radius 2 is 2.00 bits per heavy atom. The van der Waals surface area contributed by atoms with Crippen molar-refractivity contribution in [3.63, 3.8) is 0 Å². The fraction of sp³-hybridized carbons (Fsp3) is 0.533. The number of nitrogens with one attached hydrogen (secondary N) is 2. The summed E-state index contributed by atoms with van der Waals surface area (Å²) in [6, 6.07) is 4.74. The second-order valence-corrected chi connectivity index (χ2v) is 7.79. The monoisotopic (exact) mass is 371 g/mol. The molecule has 2 aliphatic rings. The van der Waals surface area contributed by atoms with Gasteiger partial charge < -0.3 is 24.8 Å². The van der Waals surface area contributed by atoms with E-state index in [2.05, 4.69) is 10.6 Å². The predicted molar refractivity (Wildman–Crippen MR) is 90.6 cm³/mol. The Morgan fingerprint density at radius 3 is 2.76 bits per heavy atom. The molecule has 1 aromatic rings. The van der Waals surface area contributed by atoms with Crippen molar-refractivity contribution in [2.75, 3.05) is 51.0 Å². The second kappa shape index (κ2) is 7.46. The molecule has 25 heavy (non-hydrogen) atoms. The summed E-state index contributed by atoms with van der Waals surface area (Å²) in [6.07, 6.45) is 0.784. The molecule has 10 heteroatoms. The largest absolute Gasteiger partial charge is 0.486 e. The molecule has 2 amide bonds. The van der Waals surface area contributed by atoms with E-state index in [1.807, 2.05) is 0 Å². The van der Waals surface area contributed by atoms with Gasteiger partial charge in [0.2, 0.25) is 10.0 Å². The quantitative estimate of drug-likeness (QED) is 0.785. The van der Waals surface area contributed by atoms with Crippen molar-refractivity contribution >= 4 is 21.7 Å². The first-order valence-corrected chi connectivity index (χ1v) is 9.78. The van der Waals surface area contributed by atoms with E-state index in [0.29, 0.717) is 43.6 Å². The molecule has 1 aromatic carbocycles. The van der Waals surface area contributed by atoms with Crippen molar-refractivity contribution in [1.82, 2.24) is 9.62 Å². The van der Waals surface area contributed by atoms with Crippen molar-refractivity contribution < 1.29 is 27.4 Å². The van der Waals surface area contributed by atoms with Crippen molar-refractivity contribution in [3.05, 3.63) is 18.2 Å². The minimum atomic E-state index is -3.26. The van der Waals surface area contributed by atoms with Crippen molar-refractivity contribution in [2.24, 2.45) is 0 Å². The van der Waals surface area contributed by atoms with Gasteiger partial charge in [-0.3, -0.25) is 0 Å². The van der Waals surface area contributed by atoms with Crippen LogP contribution in [0.15, 0.2) is 18.2 Å². The van der Waals surface area contributed by atoms with Gasteiger partial charge in [0.15, 0.2) is 11.5 Å². The average Bonchev–Trinajstić information content (AvgIpc) is 2.59. The van der Waals surface area contributed by atoms with E-state index in [0.717, 1.165) is 6.26 Å². The van der Waals surface area contributed by atoms with Gasteiger partial charge in [0.05, 0.1) is 19.0 Å². The maximum atomic E-state index is 12.0. The smallest absolute Gasteiger partial charge is 0.319 e. The number of urea groups is 1. The summed E-state index contributed by atoms with van der Waals surface area (Å²) < 4.78 is 40.9. The van der Waals surface area contributed by atoms with Crippen LogP contribution in [0.2, 0.25) is 0 Å². The van der Waals surface area contributed by atoms with Gasteiger partial charge in [0.25, 0.3) is 0 Å². The molecule has 0 radical (unpaired) electrons. The van der Waals surface area contributed by atoms with Crippen LogP contribution in [0.3, 0.4) is 0 Å². The Balaban J connectivity index is 1.50. The Labute approximate surface area is 146 Å². The summed E-state index contributed by atoms with van der Waals surface area (Å²) in [5, 5.41) is 5.38. The third-order valence-electron chi connectivity index (χ3n) is 3.86. The number of fused-ring (bicyclic) bond motifs is 1. The summed E-state index contributed by atoms with van der Waals surface area (Å²) in [4.78, 5) is 12.0. The van der Waals surface area contributed by atoms with Gasteiger partial charge in [-0.25, -0.2) is 13.2 Å². The van der Waals surface area contributed by atoms with E-state index < -0.39 is 16.1 Å². The number of carbonyl (C=O) groups excluding carboxylic acids is 1. The minimum Gasteiger partial charge on any atom is -0.486 e. The molecule has 2 heterocycles. The molecule has 2 aliphatic heterocycles. The summed E-state index contributed by atoms with van der Waals surface area (Å²) in [6.45, 7) is 2.05. The molecule has 1 saturated heterocycles. The highest BCUT2D eigenvalue weighted by molar-refractivity contribution is 7.88. The molecule has 2 N–H and O–H groups in total. The van der Waals surface area contributed by atoms with Gasteiger partial charge in [-0.2, -0.15) is 4.31 Å². The van der Waals surface area contributed by atoms with E-state index in [1.54, 1.807) is 18.2 Å². The number of amides is 2. The molecule has 1 atom stereocenters. The number of hydrogen-bond acceptors (Lipinski definition) is 6. The zero-order chi connectivity index (χ0) is 17.9. The van der Waals surface area contributed by atoms with Gasteiger partial charge in [-0.05, 0) is 12.1 Å². The van der Waals surface area contributed by atoms with Crippen LogP contribution in [0.5, 0.6) is 11.5 Å². The number of nitrogens with zero attached hydrogens (tertiary/aromatic N) is 1. The number of ether oxygens (including phenoxy) is 3. The van der Waals surface area contributed by atoms with Crippen LogP contribution in [0.25, 0.3) is 0 Å². The van der Waals surface area contributed by atoms with E-state index in [-0.39, 0.29) is 19.2 Å². The van der Waals surface area contributed by atoms with Crippen molar-refractivity contribution in [2.45, 2.75) is 6.10 Å². The van der Waals surface area contributed by atoms with Crippen molar-refractivity contribution in [3.8, 4) is 11.5 Å². The maximum absolute atomic E-state index is 12.0. The number of sulfonamides is 1. The molecular weight excluding hydrogens is 350 g/mol. The van der Waals surface area contributed by atoms with E-state index in [4.69, 9.17) is 14.2 Å². The molecule has 9 nitrogen and oxygen atoms in total. The highest BCUT2D eigenvalue weighted by Gasteiger charge is 2.26. The minimum absolute atomic E-state index is 0.211. The third-order valence-corrected chi connectivity index (χ3v) is 5.13. The number of carbonyl (C=O) groups is 1. The van der Waals surface area contributed by atoms with Gasteiger partial charge in [0.1, 0.15) is 13.2 Å². The van der Waals surface area contributed by atoms with Crippen LogP contribution in [-0.2, 0) is 14.8 Å². The predicted octanol–water partition coefficient (Wildman–Crippen LogP) is 0.240. The topological polar surface area (TPSA) is 106 Å². The molecule has 0 spiro atoms. The molecule has 1 fully saturated rings. The van der Waals surface area contributed by atoms with E-state index >= 15 is 0 Å². The highest BCUT2D eigenvalue weighted by Crippen LogP contribution is 2.32. The number of rotatable bonds is 4. The molecular formula is C15H21N3O6S. The summed E-state index contributed by atoms with van der Waals surface area (Å²) in [5.41, 5.74) is 0.573. The lowest BCUT2D eigenvalue weighted by Crippen LogP contribution is -2.49. The fourth-order valence-corrected chi connectivity index (χ4v) is 3.46. The standard InChI is InChI=1S/C15H21N3O6S/c1-25(20,21)18-4-5-22-12(10-18)9-16-15(19)17-11-2-3-13-14(8-11)24-7-6-23-13/h2-3,8,12H,4-7,9-10H2,1H3,(H2,16,17,19). The number of hydrogen-bond donors (Lipinski definition) is 2. The second-order valence-electron chi connectivity index (χ2n) is 5.81. The molecule has 0 aliphatic carbocycles. The normalized spacial score (nSPS) is 20.8. The first-order valence-electron chi connectivity index (χ1n) is 7.93. The van der Waals surface area contributed by atoms with Gasteiger partial charge >= 0.3 is 6.03 Å². The first-order chi connectivity index (χ1) is 11.9. The third kappa shape index (κ3) is 4.74. The number of benzene rings is 1. The van der Waals surface area contributed by atoms with Crippen molar-refractivity contribution in [1.29, 1.82) is 0 Å². The maximum Gasteiger partial charge on any atom is 0.319 e. The highest BCUT2D eigenvalue weighted by atomic mass is 32.2. The lowest BCUT2D eigenvalue weighted by atomic mass is 10.2. The molecule has 0 bridgehead atoms. The van der Waals surface area contributed by atoms with Crippen LogP contribution in [0.4, 0.5) is 10.5 Å². The SMILES string of the molecule is CS(=O)(=O)N1CCOC(CNC(=O)Nc2ccc3c(c2)OCCO3)C1. The Hall–Kier alpha value is -2.04. The summed E-state index contributed by atoms with van der Waals surface area (Å²) in [5.74, 6) is 1.23.